The Morgan fingerprint density at radius 3 is 2.12 bits per heavy atom. The van der Waals surface area contributed by atoms with Gasteiger partial charge in [0.25, 0.3) is 0 Å². The van der Waals surface area contributed by atoms with Gasteiger partial charge in [-0.25, -0.2) is 0 Å². The van der Waals surface area contributed by atoms with E-state index in [0.717, 1.165) is 43.3 Å². The van der Waals surface area contributed by atoms with Gasteiger partial charge in [0.2, 0.25) is 11.7 Å². The molecule has 1 aromatic carbocycles. The molecule has 1 aliphatic carbocycles. The molecular weight excluding hydrogens is 408 g/mol. The van der Waals surface area contributed by atoms with Crippen molar-refractivity contribution < 1.29 is 19.0 Å². The molecule has 0 radical (unpaired) electrons. The third-order valence-electron chi connectivity index (χ3n) is 6.51. The maximum Gasteiger partial charge on any atom is 0.222 e. The molecule has 2 fully saturated rings. The number of piperazine rings is 1. The maximum atomic E-state index is 12.6. The van der Waals surface area contributed by atoms with Crippen molar-refractivity contribution in [2.24, 2.45) is 5.92 Å². The standard InChI is InChI=1S/C24H32N4O4/c1-30-20-15-18(16-21(31-2)24(20)32-3)19-8-9-22(26-25-19)27-10-12-28(13-11-27)23(29)14-17-6-4-5-7-17/h8-9,15-17H,4-7,10-14H2,1-3H3. The number of methoxy groups -OCH3 is 3. The van der Waals surface area contributed by atoms with Crippen LogP contribution in [-0.2, 0) is 4.79 Å². The number of hydrogen-bond donors (Lipinski definition) is 0. The van der Waals surface area contributed by atoms with Gasteiger partial charge < -0.3 is 24.0 Å². The van der Waals surface area contributed by atoms with Crippen LogP contribution in [0.2, 0.25) is 0 Å². The molecule has 2 aliphatic rings. The Bertz CT molecular complexity index is 895. The zero-order chi connectivity index (χ0) is 22.5. The molecule has 1 aliphatic heterocycles. The highest BCUT2D eigenvalue weighted by atomic mass is 16.5. The molecule has 32 heavy (non-hydrogen) atoms. The Hall–Kier alpha value is -3.03. The van der Waals surface area contributed by atoms with E-state index in [4.69, 9.17) is 14.2 Å². The fourth-order valence-electron chi connectivity index (χ4n) is 4.65. The average molecular weight is 441 g/mol. The molecule has 2 heterocycles. The van der Waals surface area contributed by atoms with E-state index in [1.165, 1.54) is 25.7 Å². The summed E-state index contributed by atoms with van der Waals surface area (Å²) >= 11 is 0. The zero-order valence-electron chi connectivity index (χ0n) is 19.2. The first-order valence-electron chi connectivity index (χ1n) is 11.3. The molecule has 172 valence electrons. The lowest BCUT2D eigenvalue weighted by Gasteiger charge is -2.35. The average Bonchev–Trinajstić information content (AvgIpc) is 3.36. The predicted molar refractivity (Wildman–Crippen MR) is 122 cm³/mol. The molecule has 1 amide bonds. The van der Waals surface area contributed by atoms with Gasteiger partial charge >= 0.3 is 0 Å². The number of carbonyl (C=O) groups excluding carboxylic acids is 1. The molecule has 0 bridgehead atoms. The summed E-state index contributed by atoms with van der Waals surface area (Å²) in [5, 5.41) is 8.87. The summed E-state index contributed by atoms with van der Waals surface area (Å²) in [6.07, 6.45) is 5.68. The lowest BCUT2D eigenvalue weighted by Crippen LogP contribution is -2.49. The van der Waals surface area contributed by atoms with Gasteiger partial charge in [0.1, 0.15) is 0 Å². The van der Waals surface area contributed by atoms with Crippen LogP contribution in [0.1, 0.15) is 32.1 Å². The largest absolute Gasteiger partial charge is 0.493 e. The fraction of sp³-hybridized carbons (Fsp3) is 0.542. The highest BCUT2D eigenvalue weighted by molar-refractivity contribution is 5.77. The minimum Gasteiger partial charge on any atom is -0.493 e. The Morgan fingerprint density at radius 1 is 0.938 bits per heavy atom. The van der Waals surface area contributed by atoms with E-state index in [-0.39, 0.29) is 0 Å². The molecule has 0 atom stereocenters. The van der Waals surface area contributed by atoms with Gasteiger partial charge in [-0.05, 0) is 43.0 Å². The van der Waals surface area contributed by atoms with E-state index in [9.17, 15) is 4.79 Å². The summed E-state index contributed by atoms with van der Waals surface area (Å²) < 4.78 is 16.3. The topological polar surface area (TPSA) is 77.0 Å². The molecular formula is C24H32N4O4. The summed E-state index contributed by atoms with van der Waals surface area (Å²) in [6.45, 7) is 3.02. The molecule has 0 N–H and O–H groups in total. The number of amides is 1. The van der Waals surface area contributed by atoms with Crippen LogP contribution in [0.25, 0.3) is 11.3 Å². The summed E-state index contributed by atoms with van der Waals surface area (Å²) in [5.74, 6) is 3.42. The molecule has 4 rings (SSSR count). The van der Waals surface area contributed by atoms with E-state index in [1.807, 2.05) is 29.2 Å². The number of benzene rings is 1. The van der Waals surface area contributed by atoms with Gasteiger partial charge in [-0.1, -0.05) is 12.8 Å². The van der Waals surface area contributed by atoms with Crippen molar-refractivity contribution >= 4 is 11.7 Å². The summed E-state index contributed by atoms with van der Waals surface area (Å²) in [6, 6.07) is 7.64. The van der Waals surface area contributed by atoms with E-state index in [1.54, 1.807) is 21.3 Å². The Kier molecular flexibility index (Phi) is 6.97. The van der Waals surface area contributed by atoms with Crippen molar-refractivity contribution in [2.75, 3.05) is 52.4 Å². The third kappa shape index (κ3) is 4.74. The van der Waals surface area contributed by atoms with Gasteiger partial charge in [0, 0.05) is 38.2 Å². The van der Waals surface area contributed by atoms with Crippen molar-refractivity contribution in [2.45, 2.75) is 32.1 Å². The molecule has 8 heteroatoms. The van der Waals surface area contributed by atoms with Crippen LogP contribution in [0.3, 0.4) is 0 Å². The van der Waals surface area contributed by atoms with E-state index in [2.05, 4.69) is 15.1 Å². The number of ether oxygens (including phenoxy) is 3. The number of hydrogen-bond acceptors (Lipinski definition) is 7. The van der Waals surface area contributed by atoms with E-state index >= 15 is 0 Å². The second-order valence-electron chi connectivity index (χ2n) is 8.41. The lowest BCUT2D eigenvalue weighted by molar-refractivity contribution is -0.132. The quantitative estimate of drug-likeness (QED) is 0.653. The highest BCUT2D eigenvalue weighted by Gasteiger charge is 2.25. The zero-order valence-corrected chi connectivity index (χ0v) is 19.2. The highest BCUT2D eigenvalue weighted by Crippen LogP contribution is 2.40. The summed E-state index contributed by atoms with van der Waals surface area (Å²) in [7, 11) is 4.76. The summed E-state index contributed by atoms with van der Waals surface area (Å²) in [5.41, 5.74) is 1.55. The molecule has 8 nitrogen and oxygen atoms in total. The monoisotopic (exact) mass is 440 g/mol. The number of anilines is 1. The van der Waals surface area contributed by atoms with Crippen LogP contribution in [-0.4, -0.2) is 68.5 Å². The first-order valence-corrected chi connectivity index (χ1v) is 11.3. The minimum atomic E-state index is 0.306. The lowest BCUT2D eigenvalue weighted by atomic mass is 10.0. The fourth-order valence-corrected chi connectivity index (χ4v) is 4.65. The summed E-state index contributed by atoms with van der Waals surface area (Å²) in [4.78, 5) is 16.8. The van der Waals surface area contributed by atoms with Gasteiger partial charge in [-0.2, -0.15) is 0 Å². The Balaban J connectivity index is 1.40. The number of carbonyl (C=O) groups is 1. The first kappa shape index (κ1) is 22.2. The molecule has 0 unspecified atom stereocenters. The van der Waals surface area contributed by atoms with Gasteiger partial charge in [-0.15, -0.1) is 10.2 Å². The van der Waals surface area contributed by atoms with E-state index < -0.39 is 0 Å². The van der Waals surface area contributed by atoms with Crippen LogP contribution >= 0.6 is 0 Å². The van der Waals surface area contributed by atoms with E-state index in [0.29, 0.717) is 35.5 Å². The van der Waals surface area contributed by atoms with Crippen LogP contribution < -0.4 is 19.1 Å². The molecule has 1 aromatic heterocycles. The van der Waals surface area contributed by atoms with Crippen molar-refractivity contribution in [1.29, 1.82) is 0 Å². The molecule has 0 spiro atoms. The minimum absolute atomic E-state index is 0.306. The van der Waals surface area contributed by atoms with Crippen molar-refractivity contribution in [3.63, 3.8) is 0 Å². The first-order chi connectivity index (χ1) is 15.6. The normalized spacial score (nSPS) is 16.8. The van der Waals surface area contributed by atoms with Crippen molar-refractivity contribution in [3.8, 4) is 28.5 Å². The van der Waals surface area contributed by atoms with Crippen LogP contribution in [0, 0.1) is 5.92 Å². The van der Waals surface area contributed by atoms with Crippen LogP contribution in [0.5, 0.6) is 17.2 Å². The second kappa shape index (κ2) is 10.1. The SMILES string of the molecule is COc1cc(-c2ccc(N3CCN(C(=O)CC4CCCC4)CC3)nn2)cc(OC)c1OC. The maximum absolute atomic E-state index is 12.6. The predicted octanol–water partition coefficient (Wildman–Crippen LogP) is 3.40. The van der Waals surface area contributed by atoms with Crippen molar-refractivity contribution in [1.82, 2.24) is 15.1 Å². The van der Waals surface area contributed by atoms with Gasteiger partial charge in [0.15, 0.2) is 17.3 Å². The van der Waals surface area contributed by atoms with Gasteiger partial charge in [0.05, 0.1) is 27.0 Å². The number of aromatic nitrogens is 2. The van der Waals surface area contributed by atoms with Crippen molar-refractivity contribution in [3.05, 3.63) is 24.3 Å². The number of rotatable bonds is 7. The molecule has 2 aromatic rings. The molecule has 1 saturated carbocycles. The Morgan fingerprint density at radius 2 is 1.59 bits per heavy atom. The second-order valence-corrected chi connectivity index (χ2v) is 8.41. The van der Waals surface area contributed by atoms with Crippen LogP contribution in [0.4, 0.5) is 5.82 Å². The third-order valence-corrected chi connectivity index (χ3v) is 6.51. The Labute approximate surface area is 189 Å². The van der Waals surface area contributed by atoms with Crippen LogP contribution in [0.15, 0.2) is 24.3 Å². The smallest absolute Gasteiger partial charge is 0.222 e. The van der Waals surface area contributed by atoms with Gasteiger partial charge in [-0.3, -0.25) is 4.79 Å². The number of nitrogens with zero attached hydrogens (tertiary/aromatic N) is 4. The molecule has 1 saturated heterocycles.